The zero-order chi connectivity index (χ0) is 17.7. The third-order valence-electron chi connectivity index (χ3n) is 3.16. The number of hydrogen-bond acceptors (Lipinski definition) is 5. The molecule has 0 fully saturated rings. The van der Waals surface area contributed by atoms with E-state index < -0.39 is 10.2 Å². The molecule has 0 saturated heterocycles. The standard InChI is InChI=1S/C16H15ClN2O4S/c1-10(24-13-6-3-11(4-7-13)19(21)22)16(20)18-15-8-5-12(23-2)9-14(15)17/h3-10H,1-2H3,(H,18,20). The molecule has 0 saturated carbocycles. The number of non-ortho nitro benzene ring substituents is 1. The molecule has 0 aromatic heterocycles. The summed E-state index contributed by atoms with van der Waals surface area (Å²) in [6.07, 6.45) is 0. The minimum Gasteiger partial charge on any atom is -0.497 e. The first-order chi connectivity index (χ1) is 11.4. The molecule has 126 valence electrons. The van der Waals surface area contributed by atoms with Crippen LogP contribution in [0.4, 0.5) is 11.4 Å². The lowest BCUT2D eigenvalue weighted by Crippen LogP contribution is -2.22. The molecular weight excluding hydrogens is 352 g/mol. The molecule has 24 heavy (non-hydrogen) atoms. The molecule has 0 aliphatic heterocycles. The van der Waals surface area contributed by atoms with Crippen molar-refractivity contribution in [3.63, 3.8) is 0 Å². The van der Waals surface area contributed by atoms with Crippen molar-refractivity contribution >= 4 is 40.6 Å². The fourth-order valence-electron chi connectivity index (χ4n) is 1.86. The summed E-state index contributed by atoms with van der Waals surface area (Å²) in [6, 6.07) is 11.0. The zero-order valence-corrected chi connectivity index (χ0v) is 14.6. The minimum absolute atomic E-state index is 0.0152. The van der Waals surface area contributed by atoms with Crippen LogP contribution in [0.1, 0.15) is 6.92 Å². The summed E-state index contributed by atoms with van der Waals surface area (Å²) in [5.74, 6) is 0.386. The average Bonchev–Trinajstić information content (AvgIpc) is 2.57. The summed E-state index contributed by atoms with van der Waals surface area (Å²) in [5.41, 5.74) is 0.514. The highest BCUT2D eigenvalue weighted by Crippen LogP contribution is 2.29. The maximum atomic E-state index is 12.3. The second kappa shape index (κ2) is 8.03. The van der Waals surface area contributed by atoms with E-state index in [4.69, 9.17) is 16.3 Å². The summed E-state index contributed by atoms with van der Waals surface area (Å²) >= 11 is 7.40. The van der Waals surface area contributed by atoms with Gasteiger partial charge >= 0.3 is 0 Å². The van der Waals surface area contributed by atoms with Crippen LogP contribution in [-0.4, -0.2) is 23.2 Å². The largest absolute Gasteiger partial charge is 0.497 e. The first-order valence-electron chi connectivity index (χ1n) is 6.96. The molecule has 0 bridgehead atoms. The van der Waals surface area contributed by atoms with Gasteiger partial charge < -0.3 is 10.1 Å². The lowest BCUT2D eigenvalue weighted by Gasteiger charge is -2.13. The maximum Gasteiger partial charge on any atom is 0.269 e. The molecule has 0 radical (unpaired) electrons. The number of nitro benzene ring substituents is 1. The van der Waals surface area contributed by atoms with Gasteiger partial charge in [-0.05, 0) is 31.2 Å². The molecule has 1 amide bonds. The summed E-state index contributed by atoms with van der Waals surface area (Å²) in [6.45, 7) is 1.75. The van der Waals surface area contributed by atoms with Crippen molar-refractivity contribution in [1.82, 2.24) is 0 Å². The van der Waals surface area contributed by atoms with E-state index in [1.807, 2.05) is 0 Å². The molecule has 0 aliphatic carbocycles. The Morgan fingerprint density at radius 1 is 1.29 bits per heavy atom. The number of rotatable bonds is 6. The fourth-order valence-corrected chi connectivity index (χ4v) is 2.95. The Labute approximate surface area is 148 Å². The summed E-state index contributed by atoms with van der Waals surface area (Å²) in [4.78, 5) is 23.2. The van der Waals surface area contributed by atoms with Gasteiger partial charge in [-0.1, -0.05) is 11.6 Å². The van der Waals surface area contributed by atoms with E-state index in [1.54, 1.807) is 37.3 Å². The van der Waals surface area contributed by atoms with Crippen molar-refractivity contribution in [2.24, 2.45) is 0 Å². The SMILES string of the molecule is COc1ccc(NC(=O)C(C)Sc2ccc([N+](=O)[O-])cc2)c(Cl)c1. The van der Waals surface area contributed by atoms with E-state index in [0.717, 1.165) is 4.90 Å². The number of carbonyl (C=O) groups is 1. The van der Waals surface area contributed by atoms with E-state index in [2.05, 4.69) is 5.32 Å². The fraction of sp³-hybridized carbons (Fsp3) is 0.188. The number of carbonyl (C=O) groups excluding carboxylic acids is 1. The monoisotopic (exact) mass is 366 g/mol. The van der Waals surface area contributed by atoms with E-state index in [1.165, 1.54) is 31.0 Å². The maximum absolute atomic E-state index is 12.3. The topological polar surface area (TPSA) is 81.5 Å². The van der Waals surface area contributed by atoms with Crippen LogP contribution in [-0.2, 0) is 4.79 Å². The van der Waals surface area contributed by atoms with E-state index in [0.29, 0.717) is 16.5 Å². The Hall–Kier alpha value is -2.25. The molecule has 2 aromatic carbocycles. The van der Waals surface area contributed by atoms with Gasteiger partial charge in [0.1, 0.15) is 5.75 Å². The van der Waals surface area contributed by atoms with Gasteiger partial charge in [0.2, 0.25) is 5.91 Å². The van der Waals surface area contributed by atoms with Crippen LogP contribution in [0.5, 0.6) is 5.75 Å². The highest BCUT2D eigenvalue weighted by Gasteiger charge is 2.16. The summed E-state index contributed by atoms with van der Waals surface area (Å²) in [7, 11) is 1.53. The third kappa shape index (κ3) is 4.62. The number of benzene rings is 2. The van der Waals surface area contributed by atoms with Gasteiger partial charge in [0, 0.05) is 23.1 Å². The van der Waals surface area contributed by atoms with Crippen LogP contribution in [0.25, 0.3) is 0 Å². The molecule has 2 rings (SSSR count). The number of halogens is 1. The van der Waals surface area contributed by atoms with Gasteiger partial charge in [-0.2, -0.15) is 0 Å². The van der Waals surface area contributed by atoms with E-state index in [-0.39, 0.29) is 11.6 Å². The van der Waals surface area contributed by atoms with Crippen molar-refractivity contribution in [2.75, 3.05) is 12.4 Å². The number of nitrogens with zero attached hydrogens (tertiary/aromatic N) is 1. The van der Waals surface area contributed by atoms with Crippen LogP contribution in [0.15, 0.2) is 47.4 Å². The van der Waals surface area contributed by atoms with Crippen LogP contribution < -0.4 is 10.1 Å². The zero-order valence-electron chi connectivity index (χ0n) is 13.0. The van der Waals surface area contributed by atoms with Crippen LogP contribution in [0.3, 0.4) is 0 Å². The lowest BCUT2D eigenvalue weighted by molar-refractivity contribution is -0.384. The van der Waals surface area contributed by atoms with E-state index >= 15 is 0 Å². The van der Waals surface area contributed by atoms with Crippen molar-refractivity contribution in [3.05, 3.63) is 57.6 Å². The number of anilines is 1. The Balaban J connectivity index is 2.00. The Kier molecular flexibility index (Phi) is 6.05. The number of ether oxygens (including phenoxy) is 1. The lowest BCUT2D eigenvalue weighted by atomic mass is 10.3. The first-order valence-corrected chi connectivity index (χ1v) is 8.22. The molecule has 6 nitrogen and oxygen atoms in total. The number of hydrogen-bond donors (Lipinski definition) is 1. The predicted octanol–water partition coefficient (Wildman–Crippen LogP) is 4.38. The van der Waals surface area contributed by atoms with Gasteiger partial charge in [-0.15, -0.1) is 11.8 Å². The smallest absolute Gasteiger partial charge is 0.269 e. The number of nitro groups is 1. The Bertz CT molecular complexity index is 752. The molecule has 0 heterocycles. The van der Waals surface area contributed by atoms with Gasteiger partial charge in [-0.25, -0.2) is 0 Å². The average molecular weight is 367 g/mol. The van der Waals surface area contributed by atoms with Crippen molar-refractivity contribution in [2.45, 2.75) is 17.1 Å². The number of thioether (sulfide) groups is 1. The molecule has 2 aromatic rings. The van der Waals surface area contributed by atoms with Crippen LogP contribution in [0.2, 0.25) is 5.02 Å². The molecule has 8 heteroatoms. The van der Waals surface area contributed by atoms with Gasteiger partial charge in [0.05, 0.1) is 28.0 Å². The first kappa shape index (κ1) is 18.1. The Morgan fingerprint density at radius 3 is 2.50 bits per heavy atom. The normalized spacial score (nSPS) is 11.6. The number of methoxy groups -OCH3 is 1. The van der Waals surface area contributed by atoms with Crippen LogP contribution in [0, 0.1) is 10.1 Å². The highest BCUT2D eigenvalue weighted by molar-refractivity contribution is 8.00. The summed E-state index contributed by atoms with van der Waals surface area (Å²) < 4.78 is 5.06. The van der Waals surface area contributed by atoms with Crippen molar-refractivity contribution < 1.29 is 14.5 Å². The second-order valence-corrected chi connectivity index (χ2v) is 6.67. The van der Waals surface area contributed by atoms with Crippen LogP contribution >= 0.6 is 23.4 Å². The molecule has 0 spiro atoms. The van der Waals surface area contributed by atoms with E-state index in [9.17, 15) is 14.9 Å². The molecular formula is C16H15ClN2O4S. The second-order valence-electron chi connectivity index (χ2n) is 4.85. The molecule has 1 N–H and O–H groups in total. The Morgan fingerprint density at radius 2 is 1.96 bits per heavy atom. The highest BCUT2D eigenvalue weighted by atomic mass is 35.5. The molecule has 1 atom stereocenters. The van der Waals surface area contributed by atoms with Gasteiger partial charge in [0.25, 0.3) is 5.69 Å². The van der Waals surface area contributed by atoms with Gasteiger partial charge in [0.15, 0.2) is 0 Å². The summed E-state index contributed by atoms with van der Waals surface area (Å²) in [5, 5.41) is 13.4. The number of nitrogens with one attached hydrogen (secondary N) is 1. The number of amides is 1. The predicted molar refractivity (Wildman–Crippen MR) is 95.0 cm³/mol. The van der Waals surface area contributed by atoms with Gasteiger partial charge in [-0.3, -0.25) is 14.9 Å². The van der Waals surface area contributed by atoms with Crippen molar-refractivity contribution in [3.8, 4) is 5.75 Å². The molecule has 1 unspecified atom stereocenters. The minimum atomic E-state index is -0.462. The quantitative estimate of drug-likeness (QED) is 0.466. The molecule has 0 aliphatic rings. The third-order valence-corrected chi connectivity index (χ3v) is 4.59. The van der Waals surface area contributed by atoms with Crippen molar-refractivity contribution in [1.29, 1.82) is 0 Å².